The van der Waals surface area contributed by atoms with Crippen LogP contribution in [0.15, 0.2) is 60.0 Å². The number of hydrogen-bond acceptors (Lipinski definition) is 9. The van der Waals surface area contributed by atoms with Crippen LogP contribution in [0.4, 0.5) is 10.7 Å². The second-order valence-electron chi connectivity index (χ2n) is 8.13. The van der Waals surface area contributed by atoms with E-state index in [2.05, 4.69) is 0 Å². The van der Waals surface area contributed by atoms with E-state index in [1.807, 2.05) is 4.90 Å². The van der Waals surface area contributed by atoms with Crippen molar-refractivity contribution in [3.63, 3.8) is 0 Å². The molecule has 0 radical (unpaired) electrons. The number of imide groups is 1. The average molecular weight is 598 g/mol. The Balaban J connectivity index is 1.66. The lowest BCUT2D eigenvalue weighted by Gasteiger charge is -2.24. The van der Waals surface area contributed by atoms with E-state index in [4.69, 9.17) is 27.4 Å². The highest BCUT2D eigenvalue weighted by Crippen LogP contribution is 2.38. The van der Waals surface area contributed by atoms with Crippen LogP contribution < -0.4 is 9.08 Å². The summed E-state index contributed by atoms with van der Waals surface area (Å²) in [5.74, 6) is -0.695. The summed E-state index contributed by atoms with van der Waals surface area (Å²) in [7, 11) is -4.63. The quantitative estimate of drug-likeness (QED) is 0.0967. The number of hydrogen-bond donors (Lipinski definition) is 0. The third kappa shape index (κ3) is 5.63. The lowest BCUT2D eigenvalue weighted by molar-refractivity contribution is -0.380. The molecule has 1 aliphatic heterocycles. The molecule has 38 heavy (non-hydrogen) atoms. The molecular formula is C24H21Cl2N3O7S2. The third-order valence-electron chi connectivity index (χ3n) is 5.89. The summed E-state index contributed by atoms with van der Waals surface area (Å²) >= 11 is 12.4. The Labute approximate surface area is 232 Å². The minimum atomic E-state index is -4.63. The van der Waals surface area contributed by atoms with Gasteiger partial charge in [-0.05, 0) is 47.8 Å². The molecule has 2 aromatic carbocycles. The molecule has 2 heterocycles. The Morgan fingerprint density at radius 3 is 2.08 bits per heavy atom. The number of fused-ring (bicyclic) bond motifs is 1. The van der Waals surface area contributed by atoms with E-state index >= 15 is 0 Å². The highest BCUT2D eigenvalue weighted by molar-refractivity contribution is 7.87. The van der Waals surface area contributed by atoms with Crippen molar-refractivity contribution in [2.45, 2.75) is 5.25 Å². The summed E-state index contributed by atoms with van der Waals surface area (Å²) in [6.45, 7) is 0.386. The number of benzene rings is 2. The molecule has 0 bridgehead atoms. The van der Waals surface area contributed by atoms with Crippen LogP contribution in [0.25, 0.3) is 0 Å². The molecule has 2 amide bonds. The van der Waals surface area contributed by atoms with E-state index in [1.165, 1.54) is 35.7 Å². The summed E-state index contributed by atoms with van der Waals surface area (Å²) in [6.07, 6.45) is 0. The number of nitro groups is 1. The van der Waals surface area contributed by atoms with Crippen LogP contribution in [-0.4, -0.2) is 61.4 Å². The van der Waals surface area contributed by atoms with Gasteiger partial charge >= 0.3 is 15.1 Å². The number of nitrogens with zero attached hydrogens (tertiary/aromatic N) is 3. The first-order valence-electron chi connectivity index (χ1n) is 11.2. The number of anilines is 1. The maximum Gasteiger partial charge on any atom is 0.328 e. The molecule has 1 unspecified atom stereocenters. The van der Waals surface area contributed by atoms with Crippen LogP contribution in [0.5, 0.6) is 5.75 Å². The average Bonchev–Trinajstić information content (AvgIpc) is 3.46. The normalized spacial score (nSPS) is 13.9. The molecule has 3 aromatic rings. The van der Waals surface area contributed by atoms with E-state index < -0.39 is 43.7 Å². The van der Waals surface area contributed by atoms with Crippen molar-refractivity contribution >= 4 is 67.2 Å². The smallest absolute Gasteiger partial charge is 0.328 e. The zero-order valence-corrected chi connectivity index (χ0v) is 22.8. The Bertz CT molecular complexity index is 1420. The van der Waals surface area contributed by atoms with Gasteiger partial charge in [-0.1, -0.05) is 23.5 Å². The van der Waals surface area contributed by atoms with E-state index in [0.29, 0.717) is 24.8 Å². The van der Waals surface area contributed by atoms with Gasteiger partial charge in [0.25, 0.3) is 11.8 Å². The van der Waals surface area contributed by atoms with E-state index in [9.17, 15) is 28.1 Å². The Morgan fingerprint density at radius 1 is 0.974 bits per heavy atom. The van der Waals surface area contributed by atoms with Crippen molar-refractivity contribution in [3.8, 4) is 5.75 Å². The second kappa shape index (κ2) is 11.7. The summed E-state index contributed by atoms with van der Waals surface area (Å²) in [5, 5.41) is 10.9. The molecule has 1 aliphatic rings. The van der Waals surface area contributed by atoms with Crippen LogP contribution in [0.2, 0.25) is 0 Å². The molecule has 14 heteroatoms. The number of thiophene rings is 1. The monoisotopic (exact) mass is 597 g/mol. The SMILES string of the molecule is O=C1c2ccccc2C(=O)N1CC(c1ccsc1[N+](=O)[O-])S(=O)(=O)Oc1ccc(N(CCCl)CCCl)cc1. The zero-order valence-electron chi connectivity index (χ0n) is 19.7. The number of rotatable bonds is 12. The Morgan fingerprint density at radius 2 is 1.55 bits per heavy atom. The van der Waals surface area contributed by atoms with Gasteiger partial charge in [0.05, 0.1) is 28.2 Å². The fraction of sp³-hybridized carbons (Fsp3) is 0.250. The van der Waals surface area contributed by atoms with Crippen molar-refractivity contribution in [1.29, 1.82) is 0 Å². The molecule has 1 aromatic heterocycles. The van der Waals surface area contributed by atoms with Gasteiger partial charge in [0.2, 0.25) is 0 Å². The lowest BCUT2D eigenvalue weighted by atomic mass is 10.1. The van der Waals surface area contributed by atoms with Crippen molar-refractivity contribution < 1.29 is 27.1 Å². The summed E-state index contributed by atoms with van der Waals surface area (Å²) in [5.41, 5.74) is 0.822. The van der Waals surface area contributed by atoms with E-state index in [0.717, 1.165) is 21.9 Å². The molecular weight excluding hydrogens is 577 g/mol. The Hall–Kier alpha value is -3.19. The molecule has 200 valence electrons. The maximum absolute atomic E-state index is 13.5. The standard InChI is InChI=1S/C24H21Cl2N3O7S2/c25-10-12-27(13-11-26)16-5-7-17(8-6-16)36-38(34,35)21(20-9-14-37-24(20)29(32)33)15-28-22(30)18-3-1-2-4-19(18)23(28)31/h1-9,14,21H,10-13,15H2. The van der Waals surface area contributed by atoms with Gasteiger partial charge in [0.15, 0.2) is 0 Å². The largest absolute Gasteiger partial charge is 0.382 e. The number of alkyl halides is 2. The van der Waals surface area contributed by atoms with Gasteiger partial charge in [0, 0.05) is 30.5 Å². The van der Waals surface area contributed by atoms with Gasteiger partial charge in [-0.3, -0.25) is 24.6 Å². The van der Waals surface area contributed by atoms with Crippen LogP contribution in [0, 0.1) is 10.1 Å². The predicted octanol–water partition coefficient (Wildman–Crippen LogP) is 4.69. The molecule has 0 saturated carbocycles. The highest BCUT2D eigenvalue weighted by Gasteiger charge is 2.43. The molecule has 0 fully saturated rings. The van der Waals surface area contributed by atoms with Crippen molar-refractivity contribution in [2.75, 3.05) is 36.3 Å². The maximum atomic E-state index is 13.5. The van der Waals surface area contributed by atoms with E-state index in [-0.39, 0.29) is 22.4 Å². The first-order chi connectivity index (χ1) is 18.2. The van der Waals surface area contributed by atoms with Crippen LogP contribution in [0.1, 0.15) is 31.5 Å². The summed E-state index contributed by atoms with van der Waals surface area (Å²) < 4.78 is 32.4. The molecule has 0 spiro atoms. The highest BCUT2D eigenvalue weighted by atomic mass is 35.5. The van der Waals surface area contributed by atoms with Crippen molar-refractivity contribution in [1.82, 2.24) is 4.90 Å². The lowest BCUT2D eigenvalue weighted by Crippen LogP contribution is -2.37. The predicted molar refractivity (Wildman–Crippen MR) is 145 cm³/mol. The Kier molecular flexibility index (Phi) is 8.56. The summed E-state index contributed by atoms with van der Waals surface area (Å²) in [4.78, 5) is 39.5. The van der Waals surface area contributed by atoms with Crippen molar-refractivity contribution in [2.24, 2.45) is 0 Å². The van der Waals surface area contributed by atoms with Gasteiger partial charge in [0.1, 0.15) is 11.0 Å². The molecule has 0 N–H and O–H groups in total. The molecule has 10 nitrogen and oxygen atoms in total. The van der Waals surface area contributed by atoms with Gasteiger partial charge in [-0.15, -0.1) is 23.2 Å². The topological polar surface area (TPSA) is 127 Å². The minimum absolute atomic E-state index is 0.0457. The van der Waals surface area contributed by atoms with Crippen LogP contribution >= 0.6 is 34.5 Å². The second-order valence-corrected chi connectivity index (χ2v) is 11.5. The molecule has 4 rings (SSSR count). The number of carbonyl (C=O) groups excluding carboxylic acids is 2. The fourth-order valence-corrected chi connectivity index (χ4v) is 6.69. The minimum Gasteiger partial charge on any atom is -0.382 e. The van der Waals surface area contributed by atoms with Gasteiger partial charge in [-0.25, -0.2) is 0 Å². The number of carbonyl (C=O) groups is 2. The van der Waals surface area contributed by atoms with E-state index in [1.54, 1.807) is 24.3 Å². The van der Waals surface area contributed by atoms with Crippen LogP contribution in [-0.2, 0) is 10.1 Å². The molecule has 0 aliphatic carbocycles. The fourth-order valence-electron chi connectivity index (χ4n) is 4.10. The third-order valence-corrected chi connectivity index (χ3v) is 8.63. The van der Waals surface area contributed by atoms with Crippen molar-refractivity contribution in [3.05, 3.63) is 86.8 Å². The number of amides is 2. The first-order valence-corrected chi connectivity index (χ1v) is 14.7. The van der Waals surface area contributed by atoms with Crippen LogP contribution in [0.3, 0.4) is 0 Å². The zero-order chi connectivity index (χ0) is 27.4. The number of halogens is 2. The van der Waals surface area contributed by atoms with Gasteiger partial charge in [-0.2, -0.15) is 8.42 Å². The first kappa shape index (κ1) is 27.8. The molecule has 1 atom stereocenters. The molecule has 0 saturated heterocycles. The summed E-state index contributed by atoms with van der Waals surface area (Å²) in [6, 6.07) is 13.5. The van der Waals surface area contributed by atoms with Gasteiger partial charge < -0.3 is 9.08 Å².